The highest BCUT2D eigenvalue weighted by molar-refractivity contribution is 5.39. The Bertz CT molecular complexity index is 354. The number of hydrogen-bond acceptors (Lipinski definition) is 3. The van der Waals surface area contributed by atoms with Gasteiger partial charge in [-0.2, -0.15) is 0 Å². The molecule has 0 saturated heterocycles. The van der Waals surface area contributed by atoms with Gasteiger partial charge in [0.2, 0.25) is 0 Å². The van der Waals surface area contributed by atoms with E-state index in [0.29, 0.717) is 6.54 Å². The molecular formula is C15H26N2O. The lowest BCUT2D eigenvalue weighted by molar-refractivity contribution is 0.282. The van der Waals surface area contributed by atoms with Gasteiger partial charge in [0.15, 0.2) is 0 Å². The van der Waals surface area contributed by atoms with Crippen LogP contribution in [0.15, 0.2) is 12.1 Å². The fraction of sp³-hybridized carbons (Fsp3) is 0.600. The highest BCUT2D eigenvalue weighted by Crippen LogP contribution is 2.23. The SMILES string of the molecule is Cc1cc(C)c(C(CN)NCCCCO)c(C)c1. The number of nitrogens with one attached hydrogen (secondary N) is 1. The molecule has 1 aromatic carbocycles. The van der Waals surface area contributed by atoms with Crippen LogP contribution in [0.3, 0.4) is 0 Å². The molecule has 0 aromatic heterocycles. The van der Waals surface area contributed by atoms with Crippen LogP contribution in [0.2, 0.25) is 0 Å². The molecule has 18 heavy (non-hydrogen) atoms. The number of unbranched alkanes of at least 4 members (excludes halogenated alkanes) is 1. The van der Waals surface area contributed by atoms with Gasteiger partial charge in [0, 0.05) is 19.2 Å². The van der Waals surface area contributed by atoms with E-state index < -0.39 is 0 Å². The van der Waals surface area contributed by atoms with E-state index in [1.807, 2.05) is 0 Å². The third-order valence-corrected chi connectivity index (χ3v) is 3.30. The maximum absolute atomic E-state index is 8.77. The highest BCUT2D eigenvalue weighted by Gasteiger charge is 2.14. The lowest BCUT2D eigenvalue weighted by atomic mass is 9.94. The van der Waals surface area contributed by atoms with Crippen LogP contribution in [0.5, 0.6) is 0 Å². The maximum Gasteiger partial charge on any atom is 0.0449 e. The lowest BCUT2D eigenvalue weighted by Gasteiger charge is -2.22. The van der Waals surface area contributed by atoms with Crippen LogP contribution in [0, 0.1) is 20.8 Å². The molecule has 0 aliphatic carbocycles. The molecule has 1 rings (SSSR count). The van der Waals surface area contributed by atoms with E-state index >= 15 is 0 Å². The van der Waals surface area contributed by atoms with E-state index in [1.54, 1.807) is 0 Å². The van der Waals surface area contributed by atoms with Crippen molar-refractivity contribution in [1.29, 1.82) is 0 Å². The molecule has 0 bridgehead atoms. The quantitative estimate of drug-likeness (QED) is 0.649. The van der Waals surface area contributed by atoms with Crippen molar-refractivity contribution < 1.29 is 5.11 Å². The largest absolute Gasteiger partial charge is 0.396 e. The summed E-state index contributed by atoms with van der Waals surface area (Å²) in [5.41, 5.74) is 11.1. The molecule has 0 heterocycles. The zero-order valence-corrected chi connectivity index (χ0v) is 11.8. The van der Waals surface area contributed by atoms with E-state index in [-0.39, 0.29) is 12.6 Å². The van der Waals surface area contributed by atoms with Crippen molar-refractivity contribution in [3.05, 3.63) is 34.4 Å². The van der Waals surface area contributed by atoms with Crippen LogP contribution in [0.25, 0.3) is 0 Å². The van der Waals surface area contributed by atoms with E-state index in [0.717, 1.165) is 19.4 Å². The van der Waals surface area contributed by atoms with Crippen LogP contribution < -0.4 is 11.1 Å². The van der Waals surface area contributed by atoms with Gasteiger partial charge in [0.05, 0.1) is 0 Å². The number of nitrogens with two attached hydrogens (primary N) is 1. The van der Waals surface area contributed by atoms with Gasteiger partial charge in [-0.1, -0.05) is 17.7 Å². The Balaban J connectivity index is 2.75. The molecule has 4 N–H and O–H groups in total. The van der Waals surface area contributed by atoms with Gasteiger partial charge in [0.25, 0.3) is 0 Å². The second-order valence-corrected chi connectivity index (χ2v) is 4.99. The molecule has 3 nitrogen and oxygen atoms in total. The number of benzene rings is 1. The summed E-state index contributed by atoms with van der Waals surface area (Å²) in [4.78, 5) is 0. The van der Waals surface area contributed by atoms with Crippen molar-refractivity contribution in [2.45, 2.75) is 39.7 Å². The molecule has 1 atom stereocenters. The van der Waals surface area contributed by atoms with E-state index in [9.17, 15) is 0 Å². The first-order chi connectivity index (χ1) is 8.60. The molecule has 0 saturated carbocycles. The maximum atomic E-state index is 8.77. The van der Waals surface area contributed by atoms with Crippen molar-refractivity contribution >= 4 is 0 Å². The van der Waals surface area contributed by atoms with Gasteiger partial charge in [-0.3, -0.25) is 0 Å². The van der Waals surface area contributed by atoms with Crippen LogP contribution in [-0.2, 0) is 0 Å². The number of rotatable bonds is 7. The highest BCUT2D eigenvalue weighted by atomic mass is 16.2. The molecule has 0 amide bonds. The standard InChI is InChI=1S/C15H26N2O/c1-11-8-12(2)15(13(3)9-11)14(10-16)17-6-4-5-7-18/h8-9,14,17-18H,4-7,10,16H2,1-3H3. The van der Waals surface area contributed by atoms with Gasteiger partial charge < -0.3 is 16.2 Å². The van der Waals surface area contributed by atoms with Crippen molar-refractivity contribution in [3.8, 4) is 0 Å². The van der Waals surface area contributed by atoms with Gasteiger partial charge in [-0.05, 0) is 56.8 Å². The third kappa shape index (κ3) is 4.09. The summed E-state index contributed by atoms with van der Waals surface area (Å²) in [5, 5.41) is 12.3. The van der Waals surface area contributed by atoms with Crippen LogP contribution >= 0.6 is 0 Å². The minimum atomic E-state index is 0.212. The molecule has 3 heteroatoms. The Labute approximate surface area is 110 Å². The molecule has 0 aliphatic heterocycles. The summed E-state index contributed by atoms with van der Waals surface area (Å²) in [7, 11) is 0. The fourth-order valence-corrected chi connectivity index (χ4v) is 2.56. The average Bonchev–Trinajstić information content (AvgIpc) is 2.31. The summed E-state index contributed by atoms with van der Waals surface area (Å²) in [6.45, 7) is 8.17. The topological polar surface area (TPSA) is 58.3 Å². The predicted molar refractivity (Wildman–Crippen MR) is 76.8 cm³/mol. The third-order valence-electron chi connectivity index (χ3n) is 3.30. The van der Waals surface area contributed by atoms with E-state index in [4.69, 9.17) is 10.8 Å². The summed E-state index contributed by atoms with van der Waals surface area (Å²) < 4.78 is 0. The number of aryl methyl sites for hydroxylation is 3. The smallest absolute Gasteiger partial charge is 0.0449 e. The Hall–Kier alpha value is -0.900. The Morgan fingerprint density at radius 2 is 1.78 bits per heavy atom. The van der Waals surface area contributed by atoms with Crippen LogP contribution in [0.4, 0.5) is 0 Å². The van der Waals surface area contributed by atoms with E-state index in [2.05, 4.69) is 38.2 Å². The van der Waals surface area contributed by atoms with Crippen LogP contribution in [0.1, 0.15) is 41.1 Å². The second-order valence-electron chi connectivity index (χ2n) is 4.99. The minimum absolute atomic E-state index is 0.212. The molecule has 0 radical (unpaired) electrons. The average molecular weight is 250 g/mol. The van der Waals surface area contributed by atoms with E-state index in [1.165, 1.54) is 22.3 Å². The first-order valence-corrected chi connectivity index (χ1v) is 6.72. The Morgan fingerprint density at radius 3 is 2.28 bits per heavy atom. The Kier molecular flexibility index (Phi) is 6.33. The minimum Gasteiger partial charge on any atom is -0.396 e. The van der Waals surface area contributed by atoms with Gasteiger partial charge in [0.1, 0.15) is 0 Å². The Morgan fingerprint density at radius 1 is 1.17 bits per heavy atom. The molecule has 1 aromatic rings. The second kappa shape index (κ2) is 7.52. The van der Waals surface area contributed by atoms with Gasteiger partial charge in [-0.25, -0.2) is 0 Å². The van der Waals surface area contributed by atoms with Gasteiger partial charge >= 0.3 is 0 Å². The molecule has 1 unspecified atom stereocenters. The first kappa shape index (κ1) is 15.2. The molecule has 0 aliphatic rings. The molecule has 0 fully saturated rings. The molecule has 102 valence electrons. The number of aliphatic hydroxyl groups is 1. The zero-order chi connectivity index (χ0) is 13.5. The van der Waals surface area contributed by atoms with Gasteiger partial charge in [-0.15, -0.1) is 0 Å². The fourth-order valence-electron chi connectivity index (χ4n) is 2.56. The summed E-state index contributed by atoms with van der Waals surface area (Å²) in [5.74, 6) is 0. The van der Waals surface area contributed by atoms with Crippen LogP contribution in [-0.4, -0.2) is 24.8 Å². The number of hydrogen-bond donors (Lipinski definition) is 3. The zero-order valence-electron chi connectivity index (χ0n) is 11.8. The van der Waals surface area contributed by atoms with Crippen molar-refractivity contribution in [2.75, 3.05) is 19.7 Å². The summed E-state index contributed by atoms with van der Waals surface area (Å²) >= 11 is 0. The monoisotopic (exact) mass is 250 g/mol. The molecular weight excluding hydrogens is 224 g/mol. The predicted octanol–water partition coefficient (Wildman–Crippen LogP) is 1.97. The lowest BCUT2D eigenvalue weighted by Crippen LogP contribution is -2.30. The molecule has 0 spiro atoms. The van der Waals surface area contributed by atoms with Crippen molar-refractivity contribution in [2.24, 2.45) is 5.73 Å². The summed E-state index contributed by atoms with van der Waals surface area (Å²) in [6, 6.07) is 4.63. The number of aliphatic hydroxyl groups excluding tert-OH is 1. The van der Waals surface area contributed by atoms with Crippen molar-refractivity contribution in [1.82, 2.24) is 5.32 Å². The normalized spacial score (nSPS) is 12.7. The first-order valence-electron chi connectivity index (χ1n) is 6.72. The van der Waals surface area contributed by atoms with Crippen molar-refractivity contribution in [3.63, 3.8) is 0 Å². The summed E-state index contributed by atoms with van der Waals surface area (Å²) in [6.07, 6.45) is 1.83.